The minimum atomic E-state index is -0.129. The molecule has 2 saturated heterocycles. The van der Waals surface area contributed by atoms with E-state index in [0.717, 1.165) is 69.8 Å². The highest BCUT2D eigenvalue weighted by Gasteiger charge is 2.26. The summed E-state index contributed by atoms with van der Waals surface area (Å²) in [6, 6.07) is 3.95. The number of carbonyl (C=O) groups is 1. The van der Waals surface area contributed by atoms with Gasteiger partial charge in [0.2, 0.25) is 5.91 Å². The van der Waals surface area contributed by atoms with Crippen LogP contribution in [0.1, 0.15) is 26.6 Å². The minimum absolute atomic E-state index is 0.129. The molecule has 9 heteroatoms. The van der Waals surface area contributed by atoms with E-state index in [1.807, 2.05) is 21.5 Å². The Morgan fingerprint density at radius 2 is 1.75 bits per heavy atom. The van der Waals surface area contributed by atoms with Gasteiger partial charge in [-0.1, -0.05) is 20.8 Å². The van der Waals surface area contributed by atoms with Crippen molar-refractivity contribution in [1.82, 2.24) is 29.6 Å². The summed E-state index contributed by atoms with van der Waals surface area (Å²) in [4.78, 5) is 19.0. The lowest BCUT2D eigenvalue weighted by atomic mass is 9.96. The van der Waals surface area contributed by atoms with Crippen molar-refractivity contribution in [3.05, 3.63) is 18.0 Å². The molecule has 2 aliphatic heterocycles. The zero-order chi connectivity index (χ0) is 19.7. The number of fused-ring (bicyclic) bond motifs is 1. The summed E-state index contributed by atoms with van der Waals surface area (Å²) in [5.41, 5.74) is 0.628. The number of rotatable bonds is 3. The molecule has 1 amide bonds. The number of carbonyl (C=O) groups excluding carboxylic acids is 1. The van der Waals surface area contributed by atoms with E-state index >= 15 is 0 Å². The molecule has 0 unspecified atom stereocenters. The third-order valence-corrected chi connectivity index (χ3v) is 5.34. The number of hydrogen-bond donors (Lipinski definition) is 0. The van der Waals surface area contributed by atoms with E-state index in [2.05, 4.69) is 40.8 Å². The molecule has 0 bridgehead atoms. The fourth-order valence-corrected chi connectivity index (χ4v) is 3.65. The van der Waals surface area contributed by atoms with Crippen molar-refractivity contribution >= 4 is 17.4 Å². The highest BCUT2D eigenvalue weighted by atomic mass is 16.5. The molecule has 2 aromatic heterocycles. The van der Waals surface area contributed by atoms with Crippen LogP contribution in [0, 0.1) is 0 Å². The summed E-state index contributed by atoms with van der Waals surface area (Å²) in [7, 11) is 0. The first-order chi connectivity index (χ1) is 13.4. The van der Waals surface area contributed by atoms with Crippen molar-refractivity contribution in [2.45, 2.75) is 26.2 Å². The first-order valence-electron chi connectivity index (χ1n) is 9.97. The second kappa shape index (κ2) is 7.63. The van der Waals surface area contributed by atoms with Gasteiger partial charge in [-0.3, -0.25) is 9.69 Å². The molecule has 0 N–H and O–H groups in total. The first kappa shape index (κ1) is 19.1. The van der Waals surface area contributed by atoms with Gasteiger partial charge in [0.15, 0.2) is 11.5 Å². The van der Waals surface area contributed by atoms with Crippen molar-refractivity contribution < 1.29 is 9.53 Å². The van der Waals surface area contributed by atoms with Gasteiger partial charge in [0.1, 0.15) is 5.82 Å². The van der Waals surface area contributed by atoms with E-state index in [0.29, 0.717) is 6.54 Å². The highest BCUT2D eigenvalue weighted by molar-refractivity contribution is 5.78. The van der Waals surface area contributed by atoms with E-state index < -0.39 is 0 Å². The van der Waals surface area contributed by atoms with Gasteiger partial charge in [-0.15, -0.1) is 15.3 Å². The molecule has 0 spiro atoms. The average Bonchev–Trinajstić information content (AvgIpc) is 3.12. The Morgan fingerprint density at radius 3 is 2.43 bits per heavy atom. The van der Waals surface area contributed by atoms with Crippen LogP contribution in [-0.2, 0) is 14.9 Å². The maximum atomic E-state index is 12.6. The molecule has 9 nitrogen and oxygen atoms in total. The van der Waals surface area contributed by atoms with E-state index in [4.69, 9.17) is 9.84 Å². The van der Waals surface area contributed by atoms with Crippen LogP contribution in [0.5, 0.6) is 0 Å². The van der Waals surface area contributed by atoms with E-state index in [1.54, 1.807) is 0 Å². The molecule has 0 aliphatic carbocycles. The number of piperazine rings is 1. The van der Waals surface area contributed by atoms with Crippen LogP contribution in [0.2, 0.25) is 0 Å². The number of hydrogen-bond acceptors (Lipinski definition) is 7. The molecule has 2 aromatic rings. The topological polar surface area (TPSA) is 79.1 Å². The zero-order valence-corrected chi connectivity index (χ0v) is 17.0. The van der Waals surface area contributed by atoms with Crippen molar-refractivity contribution in [2.75, 3.05) is 63.9 Å². The Bertz CT molecular complexity index is 830. The molecule has 2 fully saturated rings. The standard InChI is InChI=1S/C19H29N7O2/c1-19(2,3)18-21-20-15-4-5-16(22-26(15)18)24-6-8-25(9-7-24)17(27)14-23-10-12-28-13-11-23/h4-5H,6-14H2,1-3H3. The lowest BCUT2D eigenvalue weighted by molar-refractivity contribution is -0.133. The number of amides is 1. The van der Waals surface area contributed by atoms with Gasteiger partial charge in [-0.05, 0) is 12.1 Å². The molecule has 28 heavy (non-hydrogen) atoms. The van der Waals surface area contributed by atoms with Gasteiger partial charge < -0.3 is 14.5 Å². The molecule has 0 saturated carbocycles. The van der Waals surface area contributed by atoms with Crippen molar-refractivity contribution in [3.8, 4) is 0 Å². The Balaban J connectivity index is 1.40. The molecule has 2 aliphatic rings. The molecular weight excluding hydrogens is 358 g/mol. The minimum Gasteiger partial charge on any atom is -0.379 e. The Kier molecular flexibility index (Phi) is 5.20. The quantitative estimate of drug-likeness (QED) is 0.754. The largest absolute Gasteiger partial charge is 0.379 e. The number of anilines is 1. The number of ether oxygens (including phenoxy) is 1. The van der Waals surface area contributed by atoms with Gasteiger partial charge in [0.05, 0.1) is 19.8 Å². The molecule has 4 heterocycles. The zero-order valence-electron chi connectivity index (χ0n) is 17.0. The van der Waals surface area contributed by atoms with Crippen LogP contribution < -0.4 is 4.90 Å². The lowest BCUT2D eigenvalue weighted by Crippen LogP contribution is -2.52. The van der Waals surface area contributed by atoms with E-state index in [9.17, 15) is 4.79 Å². The van der Waals surface area contributed by atoms with Crippen molar-refractivity contribution in [3.63, 3.8) is 0 Å². The SMILES string of the molecule is CC(C)(C)c1nnc2ccc(N3CCN(C(=O)CN4CCOCC4)CC3)nn12. The van der Waals surface area contributed by atoms with Crippen LogP contribution in [-0.4, -0.2) is 94.5 Å². The summed E-state index contributed by atoms with van der Waals surface area (Å²) < 4.78 is 7.19. The maximum absolute atomic E-state index is 12.6. The van der Waals surface area contributed by atoms with Gasteiger partial charge in [-0.2, -0.15) is 4.52 Å². The lowest BCUT2D eigenvalue weighted by Gasteiger charge is -2.36. The molecule has 0 radical (unpaired) electrons. The van der Waals surface area contributed by atoms with Crippen LogP contribution >= 0.6 is 0 Å². The number of nitrogens with zero attached hydrogens (tertiary/aromatic N) is 7. The molecule has 4 rings (SSSR count). The first-order valence-corrected chi connectivity index (χ1v) is 9.97. The van der Waals surface area contributed by atoms with Crippen LogP contribution in [0.15, 0.2) is 12.1 Å². The third-order valence-electron chi connectivity index (χ3n) is 5.34. The Labute approximate surface area is 165 Å². The summed E-state index contributed by atoms with van der Waals surface area (Å²) in [6.07, 6.45) is 0. The van der Waals surface area contributed by atoms with Crippen LogP contribution in [0.25, 0.3) is 5.65 Å². The molecule has 0 atom stereocenters. The average molecular weight is 387 g/mol. The smallest absolute Gasteiger partial charge is 0.236 e. The normalized spacial score (nSPS) is 19.4. The van der Waals surface area contributed by atoms with Crippen LogP contribution in [0.3, 0.4) is 0 Å². The highest BCUT2D eigenvalue weighted by Crippen LogP contribution is 2.22. The van der Waals surface area contributed by atoms with Gasteiger partial charge in [0.25, 0.3) is 0 Å². The van der Waals surface area contributed by atoms with Crippen molar-refractivity contribution in [2.24, 2.45) is 0 Å². The third kappa shape index (κ3) is 3.95. The second-order valence-corrected chi connectivity index (χ2v) is 8.49. The number of aromatic nitrogens is 4. The molecule has 0 aromatic carbocycles. The van der Waals surface area contributed by atoms with Gasteiger partial charge in [0, 0.05) is 44.7 Å². The summed E-state index contributed by atoms with van der Waals surface area (Å²) in [6.45, 7) is 12.9. The molecular formula is C19H29N7O2. The molecule has 152 valence electrons. The second-order valence-electron chi connectivity index (χ2n) is 8.49. The van der Waals surface area contributed by atoms with Crippen LogP contribution in [0.4, 0.5) is 5.82 Å². The van der Waals surface area contributed by atoms with E-state index in [-0.39, 0.29) is 11.3 Å². The van der Waals surface area contributed by atoms with E-state index in [1.165, 1.54) is 0 Å². The van der Waals surface area contributed by atoms with Gasteiger partial charge >= 0.3 is 0 Å². The predicted molar refractivity (Wildman–Crippen MR) is 106 cm³/mol. The Hall–Kier alpha value is -2.26. The maximum Gasteiger partial charge on any atom is 0.236 e. The monoisotopic (exact) mass is 387 g/mol. The summed E-state index contributed by atoms with van der Waals surface area (Å²) in [5.74, 6) is 1.96. The van der Waals surface area contributed by atoms with Gasteiger partial charge in [-0.25, -0.2) is 0 Å². The predicted octanol–water partition coefficient (Wildman–Crippen LogP) is 0.403. The Morgan fingerprint density at radius 1 is 1.04 bits per heavy atom. The summed E-state index contributed by atoms with van der Waals surface area (Å²) in [5, 5.41) is 13.3. The van der Waals surface area contributed by atoms with Crippen molar-refractivity contribution in [1.29, 1.82) is 0 Å². The fraction of sp³-hybridized carbons (Fsp3) is 0.684. The summed E-state index contributed by atoms with van der Waals surface area (Å²) >= 11 is 0. The number of morpholine rings is 1. The fourth-order valence-electron chi connectivity index (χ4n) is 3.65.